The number of imide groups is 1. The van der Waals surface area contributed by atoms with E-state index in [0.29, 0.717) is 13.0 Å². The highest BCUT2D eigenvalue weighted by atomic mass is 16.5. The molecule has 1 aromatic rings. The Morgan fingerprint density at radius 3 is 2.83 bits per heavy atom. The monoisotopic (exact) mass is 250 g/mol. The second-order valence-electron chi connectivity index (χ2n) is 4.01. The van der Waals surface area contributed by atoms with E-state index in [9.17, 15) is 9.59 Å². The summed E-state index contributed by atoms with van der Waals surface area (Å²) in [5.41, 5.74) is 2.03. The predicted octanol–water partition coefficient (Wildman–Crippen LogP) is 1.10. The average Bonchev–Trinajstić information content (AvgIpc) is 2.37. The molecular weight excluding hydrogens is 232 g/mol. The molecule has 18 heavy (non-hydrogen) atoms. The van der Waals surface area contributed by atoms with Crippen molar-refractivity contribution in [1.29, 1.82) is 0 Å². The summed E-state index contributed by atoms with van der Waals surface area (Å²) in [4.78, 5) is 23.2. The molecule has 0 saturated heterocycles. The number of aryl methyl sites for hydroxylation is 1. The number of methoxy groups -OCH3 is 1. The van der Waals surface area contributed by atoms with Crippen molar-refractivity contribution in [2.75, 3.05) is 25.6 Å². The highest BCUT2D eigenvalue weighted by Crippen LogP contribution is 2.24. The van der Waals surface area contributed by atoms with Crippen LogP contribution in [0.4, 0.5) is 5.69 Å². The van der Waals surface area contributed by atoms with Crippen LogP contribution in [0.2, 0.25) is 0 Å². The first kappa shape index (κ1) is 14.0. The Bertz CT molecular complexity index is 432. The van der Waals surface area contributed by atoms with Crippen LogP contribution in [-0.4, -0.2) is 33.0 Å². The van der Waals surface area contributed by atoms with Crippen LogP contribution in [0, 0.1) is 6.92 Å². The van der Waals surface area contributed by atoms with Gasteiger partial charge in [-0.3, -0.25) is 14.9 Å². The summed E-state index contributed by atoms with van der Waals surface area (Å²) in [6.07, 6.45) is 0.669. The lowest BCUT2D eigenvalue weighted by Gasteiger charge is -2.20. The minimum Gasteiger partial charge on any atom is -0.496 e. The molecule has 0 spiro atoms. The highest BCUT2D eigenvalue weighted by Gasteiger charge is 2.07. The first-order valence-electron chi connectivity index (χ1n) is 5.67. The van der Waals surface area contributed by atoms with Gasteiger partial charge in [0.1, 0.15) is 5.75 Å². The second-order valence-corrected chi connectivity index (χ2v) is 4.01. The number of hydrogen-bond donors (Lipinski definition) is 1. The molecular formula is C13H18N2O3. The van der Waals surface area contributed by atoms with Crippen molar-refractivity contribution < 1.29 is 14.3 Å². The number of rotatable bonds is 6. The Balaban J connectivity index is 2.63. The van der Waals surface area contributed by atoms with Gasteiger partial charge in [0.15, 0.2) is 0 Å². The van der Waals surface area contributed by atoms with Crippen molar-refractivity contribution in [2.24, 2.45) is 0 Å². The third kappa shape index (κ3) is 3.76. The first-order chi connectivity index (χ1) is 8.58. The van der Waals surface area contributed by atoms with Gasteiger partial charge in [0.25, 0.3) is 0 Å². The lowest BCUT2D eigenvalue weighted by Crippen LogP contribution is -2.27. The van der Waals surface area contributed by atoms with Crippen molar-refractivity contribution in [2.45, 2.75) is 13.3 Å². The zero-order valence-corrected chi connectivity index (χ0v) is 10.9. The summed E-state index contributed by atoms with van der Waals surface area (Å²) in [6, 6.07) is 5.86. The summed E-state index contributed by atoms with van der Waals surface area (Å²) in [5, 5.41) is 2.11. The van der Waals surface area contributed by atoms with Gasteiger partial charge in [-0.15, -0.1) is 0 Å². The van der Waals surface area contributed by atoms with E-state index in [2.05, 4.69) is 5.32 Å². The van der Waals surface area contributed by atoms with Gasteiger partial charge in [-0.2, -0.15) is 0 Å². The minimum absolute atomic E-state index is 0.269. The summed E-state index contributed by atoms with van der Waals surface area (Å²) >= 11 is 0. The molecule has 0 saturated carbocycles. The summed E-state index contributed by atoms with van der Waals surface area (Å²) in [7, 11) is 3.52. The number of carbonyl (C=O) groups is 2. The maximum Gasteiger partial charge on any atom is 0.228 e. The van der Waals surface area contributed by atoms with Gasteiger partial charge in [0, 0.05) is 31.8 Å². The van der Waals surface area contributed by atoms with Crippen molar-refractivity contribution in [3.8, 4) is 5.75 Å². The highest BCUT2D eigenvalue weighted by molar-refractivity contribution is 5.86. The molecule has 0 aliphatic carbocycles. The molecule has 1 aromatic carbocycles. The molecule has 0 aromatic heterocycles. The fraction of sp³-hybridized carbons (Fsp3) is 0.385. The van der Waals surface area contributed by atoms with Crippen molar-refractivity contribution in [1.82, 2.24) is 5.32 Å². The molecule has 0 unspecified atom stereocenters. The fourth-order valence-corrected chi connectivity index (χ4v) is 1.58. The molecule has 0 bridgehead atoms. The minimum atomic E-state index is -0.282. The van der Waals surface area contributed by atoms with E-state index < -0.39 is 0 Å². The molecule has 0 heterocycles. The van der Waals surface area contributed by atoms with Gasteiger partial charge in [0.05, 0.1) is 7.11 Å². The normalized spacial score (nSPS) is 9.72. The fourth-order valence-electron chi connectivity index (χ4n) is 1.58. The quantitative estimate of drug-likeness (QED) is 0.768. The number of carbonyl (C=O) groups excluding carboxylic acids is 2. The maximum atomic E-state index is 11.2. The number of hydrogen-bond acceptors (Lipinski definition) is 4. The molecule has 5 heteroatoms. The van der Waals surface area contributed by atoms with Crippen molar-refractivity contribution in [3.05, 3.63) is 23.8 Å². The SMILES string of the molecule is COc1cc(N(C)CCC(=O)NC=O)ccc1C. The van der Waals surface area contributed by atoms with E-state index in [1.165, 1.54) is 0 Å². The Morgan fingerprint density at radius 2 is 2.22 bits per heavy atom. The molecule has 0 fully saturated rings. The van der Waals surface area contributed by atoms with Crippen molar-refractivity contribution >= 4 is 18.0 Å². The number of benzene rings is 1. The van der Waals surface area contributed by atoms with E-state index in [1.807, 2.05) is 37.1 Å². The van der Waals surface area contributed by atoms with Crippen LogP contribution in [0.3, 0.4) is 0 Å². The van der Waals surface area contributed by atoms with Gasteiger partial charge < -0.3 is 9.64 Å². The molecule has 0 aliphatic rings. The predicted molar refractivity (Wildman–Crippen MR) is 69.8 cm³/mol. The summed E-state index contributed by atoms with van der Waals surface area (Å²) < 4.78 is 5.25. The van der Waals surface area contributed by atoms with E-state index in [4.69, 9.17) is 4.74 Å². The molecule has 1 N–H and O–H groups in total. The topological polar surface area (TPSA) is 58.6 Å². The summed E-state index contributed by atoms with van der Waals surface area (Å²) in [5.74, 6) is 0.535. The molecule has 0 atom stereocenters. The standard InChI is InChI=1S/C13H18N2O3/c1-10-4-5-11(8-12(10)18-3)15(2)7-6-13(17)14-9-16/h4-5,8-9H,6-7H2,1-3H3,(H,14,16,17). The van der Waals surface area contributed by atoms with Crippen LogP contribution >= 0.6 is 0 Å². The largest absolute Gasteiger partial charge is 0.496 e. The number of amides is 2. The van der Waals surface area contributed by atoms with Crippen LogP contribution in [0.15, 0.2) is 18.2 Å². The zero-order chi connectivity index (χ0) is 13.5. The molecule has 2 amide bonds. The van der Waals surface area contributed by atoms with Crippen LogP contribution < -0.4 is 15.0 Å². The lowest BCUT2D eigenvalue weighted by molar-refractivity contribution is -0.125. The molecule has 1 rings (SSSR count). The number of ether oxygens (including phenoxy) is 1. The maximum absolute atomic E-state index is 11.2. The van der Waals surface area contributed by atoms with Gasteiger partial charge >= 0.3 is 0 Å². The Hall–Kier alpha value is -2.04. The van der Waals surface area contributed by atoms with Crippen LogP contribution in [0.1, 0.15) is 12.0 Å². The van der Waals surface area contributed by atoms with Gasteiger partial charge in [0.2, 0.25) is 12.3 Å². The van der Waals surface area contributed by atoms with E-state index in [0.717, 1.165) is 17.0 Å². The zero-order valence-electron chi connectivity index (χ0n) is 10.9. The number of anilines is 1. The number of nitrogens with zero attached hydrogens (tertiary/aromatic N) is 1. The first-order valence-corrected chi connectivity index (χ1v) is 5.67. The van der Waals surface area contributed by atoms with E-state index >= 15 is 0 Å². The Labute approximate surface area is 107 Å². The third-order valence-corrected chi connectivity index (χ3v) is 2.73. The second kappa shape index (κ2) is 6.64. The van der Waals surface area contributed by atoms with Crippen LogP contribution in [0.25, 0.3) is 0 Å². The van der Waals surface area contributed by atoms with Gasteiger partial charge in [-0.25, -0.2) is 0 Å². The molecule has 98 valence electrons. The Kier molecular flexibility index (Phi) is 5.17. The smallest absolute Gasteiger partial charge is 0.228 e. The van der Waals surface area contributed by atoms with Gasteiger partial charge in [-0.1, -0.05) is 6.07 Å². The van der Waals surface area contributed by atoms with Crippen LogP contribution in [-0.2, 0) is 9.59 Å². The van der Waals surface area contributed by atoms with Crippen molar-refractivity contribution in [3.63, 3.8) is 0 Å². The lowest BCUT2D eigenvalue weighted by atomic mass is 10.2. The van der Waals surface area contributed by atoms with Gasteiger partial charge in [-0.05, 0) is 18.6 Å². The molecule has 0 aliphatic heterocycles. The van der Waals surface area contributed by atoms with Crippen LogP contribution in [0.5, 0.6) is 5.75 Å². The Morgan fingerprint density at radius 1 is 1.50 bits per heavy atom. The van der Waals surface area contributed by atoms with E-state index in [-0.39, 0.29) is 12.3 Å². The van der Waals surface area contributed by atoms with E-state index in [1.54, 1.807) is 7.11 Å². The average molecular weight is 250 g/mol. The third-order valence-electron chi connectivity index (χ3n) is 2.73. The summed E-state index contributed by atoms with van der Waals surface area (Å²) in [6.45, 7) is 2.51. The number of nitrogens with one attached hydrogen (secondary N) is 1. The molecule has 0 radical (unpaired) electrons. The molecule has 5 nitrogen and oxygen atoms in total.